The minimum Gasteiger partial charge on any atom is -0.376 e. The van der Waals surface area contributed by atoms with Gasteiger partial charge in [-0.25, -0.2) is 0 Å². The molecule has 0 aliphatic carbocycles. The highest BCUT2D eigenvalue weighted by molar-refractivity contribution is 5.53. The zero-order valence-corrected chi connectivity index (χ0v) is 11.2. The Hall–Kier alpha value is -1.41. The lowest BCUT2D eigenvalue weighted by Gasteiger charge is -2.16. The number of hydrogen-bond donors (Lipinski definition) is 0. The lowest BCUT2D eigenvalue weighted by molar-refractivity contribution is -0.112. The number of allylic oxidation sites excluding steroid dienone is 1. The van der Waals surface area contributed by atoms with Gasteiger partial charge in [-0.2, -0.15) is 0 Å². The Balaban J connectivity index is 2.42. The Morgan fingerprint density at radius 1 is 1.28 bits per heavy atom. The molecule has 0 amide bonds. The summed E-state index contributed by atoms with van der Waals surface area (Å²) >= 11 is 0. The maximum absolute atomic E-state index is 10.9. The number of benzene rings is 1. The Bertz CT molecular complexity index is 357. The first-order valence-electron chi connectivity index (χ1n) is 6.51. The normalized spacial score (nSPS) is 14.6. The van der Waals surface area contributed by atoms with Gasteiger partial charge in [0.2, 0.25) is 0 Å². The summed E-state index contributed by atoms with van der Waals surface area (Å²) < 4.78 is 5.69. The fourth-order valence-electron chi connectivity index (χ4n) is 1.68. The van der Waals surface area contributed by atoms with Crippen molar-refractivity contribution in [2.45, 2.75) is 26.9 Å². The molecule has 0 aromatic heterocycles. The summed E-state index contributed by atoms with van der Waals surface area (Å²) in [5, 5.41) is 0. The molecule has 2 nitrogen and oxygen atoms in total. The van der Waals surface area contributed by atoms with E-state index in [0.29, 0.717) is 13.2 Å². The summed E-state index contributed by atoms with van der Waals surface area (Å²) in [7, 11) is 0. The van der Waals surface area contributed by atoms with Crippen molar-refractivity contribution in [1.82, 2.24) is 0 Å². The lowest BCUT2D eigenvalue weighted by atomic mass is 9.95. The maximum atomic E-state index is 10.9. The Kier molecular flexibility index (Phi) is 7.04. The second-order valence-corrected chi connectivity index (χ2v) is 4.50. The van der Waals surface area contributed by atoms with E-state index in [4.69, 9.17) is 4.74 Å². The lowest BCUT2D eigenvalue weighted by Crippen LogP contribution is -2.17. The molecule has 0 spiro atoms. The van der Waals surface area contributed by atoms with E-state index in [2.05, 4.69) is 19.1 Å². The van der Waals surface area contributed by atoms with Crippen LogP contribution in [0.3, 0.4) is 0 Å². The van der Waals surface area contributed by atoms with E-state index in [0.717, 1.165) is 18.3 Å². The molecule has 0 aliphatic rings. The molecule has 1 aromatic rings. The first-order chi connectivity index (χ1) is 8.77. The molecule has 0 aliphatic heterocycles. The van der Waals surface area contributed by atoms with Gasteiger partial charge in [-0.3, -0.25) is 0 Å². The van der Waals surface area contributed by atoms with Crippen LogP contribution in [0.1, 0.15) is 25.8 Å². The molecule has 98 valence electrons. The molecular formula is C16H22O2. The standard InChI is InChI=1S/C16H22O2/c1-3-4-10-16(14(2)11-17)13-18-12-15-8-6-5-7-9-15/h4-11,14,16H,3,12-13H2,1-2H3/b10-4+/t14-,16+/m1/s1. The predicted octanol–water partition coefficient (Wildman–Crippen LogP) is 3.62. The zero-order valence-electron chi connectivity index (χ0n) is 11.2. The molecular weight excluding hydrogens is 224 g/mol. The largest absolute Gasteiger partial charge is 0.376 e. The second-order valence-electron chi connectivity index (χ2n) is 4.50. The average Bonchev–Trinajstić information content (AvgIpc) is 2.43. The zero-order chi connectivity index (χ0) is 13.2. The molecule has 2 heteroatoms. The Morgan fingerprint density at radius 2 is 2.00 bits per heavy atom. The second kappa shape index (κ2) is 8.65. The minimum absolute atomic E-state index is 0.00331. The molecule has 0 radical (unpaired) electrons. The summed E-state index contributed by atoms with van der Waals surface area (Å²) in [5.74, 6) is 0.176. The third-order valence-electron chi connectivity index (χ3n) is 2.93. The van der Waals surface area contributed by atoms with Gasteiger partial charge in [0.1, 0.15) is 6.29 Å². The number of aldehydes is 1. The van der Waals surface area contributed by atoms with E-state index in [1.54, 1.807) is 0 Å². The topological polar surface area (TPSA) is 26.3 Å². The van der Waals surface area contributed by atoms with Crippen LogP contribution in [0.5, 0.6) is 0 Å². The summed E-state index contributed by atoms with van der Waals surface area (Å²) in [6.45, 7) is 5.21. The van der Waals surface area contributed by atoms with Crippen molar-refractivity contribution in [3.8, 4) is 0 Å². The molecule has 0 saturated carbocycles. The quantitative estimate of drug-likeness (QED) is 0.517. The fraction of sp³-hybridized carbons (Fsp3) is 0.438. The third kappa shape index (κ3) is 5.28. The summed E-state index contributed by atoms with van der Waals surface area (Å²) in [6, 6.07) is 10.1. The highest BCUT2D eigenvalue weighted by Gasteiger charge is 2.13. The van der Waals surface area contributed by atoms with Crippen LogP contribution in [0.25, 0.3) is 0 Å². The SMILES string of the molecule is CC/C=C/[C@@H](COCc1ccccc1)[C@H](C)C=O. The van der Waals surface area contributed by atoms with Crippen LogP contribution in [0.15, 0.2) is 42.5 Å². The van der Waals surface area contributed by atoms with Gasteiger partial charge < -0.3 is 9.53 Å². The van der Waals surface area contributed by atoms with Gasteiger partial charge in [0, 0.05) is 11.8 Å². The summed E-state index contributed by atoms with van der Waals surface area (Å²) in [5.41, 5.74) is 1.16. The van der Waals surface area contributed by atoms with Crippen molar-refractivity contribution in [3.63, 3.8) is 0 Å². The van der Waals surface area contributed by atoms with Crippen molar-refractivity contribution in [2.75, 3.05) is 6.61 Å². The van der Waals surface area contributed by atoms with Crippen molar-refractivity contribution >= 4 is 6.29 Å². The molecule has 0 fully saturated rings. The molecule has 0 saturated heterocycles. The molecule has 2 atom stereocenters. The number of hydrogen-bond acceptors (Lipinski definition) is 2. The van der Waals surface area contributed by atoms with E-state index in [1.807, 2.05) is 37.3 Å². The molecule has 0 heterocycles. The van der Waals surface area contributed by atoms with E-state index < -0.39 is 0 Å². The first-order valence-corrected chi connectivity index (χ1v) is 6.51. The summed E-state index contributed by atoms with van der Waals surface area (Å²) in [4.78, 5) is 10.9. The highest BCUT2D eigenvalue weighted by atomic mass is 16.5. The number of carbonyl (C=O) groups excluding carboxylic acids is 1. The van der Waals surface area contributed by atoms with Gasteiger partial charge in [-0.1, -0.05) is 56.3 Å². The smallest absolute Gasteiger partial charge is 0.123 e. The van der Waals surface area contributed by atoms with Crippen LogP contribution in [-0.4, -0.2) is 12.9 Å². The van der Waals surface area contributed by atoms with Crippen LogP contribution < -0.4 is 0 Å². The Labute approximate surface area is 110 Å². The van der Waals surface area contributed by atoms with E-state index in [-0.39, 0.29) is 11.8 Å². The highest BCUT2D eigenvalue weighted by Crippen LogP contribution is 2.13. The van der Waals surface area contributed by atoms with Gasteiger partial charge in [0.15, 0.2) is 0 Å². The van der Waals surface area contributed by atoms with Crippen molar-refractivity contribution in [2.24, 2.45) is 11.8 Å². The number of rotatable bonds is 8. The van der Waals surface area contributed by atoms with Crippen LogP contribution >= 0.6 is 0 Å². The number of carbonyl (C=O) groups is 1. The predicted molar refractivity (Wildman–Crippen MR) is 74.2 cm³/mol. The van der Waals surface area contributed by atoms with Gasteiger partial charge in [-0.05, 0) is 12.0 Å². The van der Waals surface area contributed by atoms with Crippen molar-refractivity contribution in [1.29, 1.82) is 0 Å². The monoisotopic (exact) mass is 246 g/mol. The van der Waals surface area contributed by atoms with Gasteiger partial charge in [0.05, 0.1) is 13.2 Å². The molecule has 0 N–H and O–H groups in total. The minimum atomic E-state index is 0.00331. The van der Waals surface area contributed by atoms with Gasteiger partial charge >= 0.3 is 0 Å². The fourth-order valence-corrected chi connectivity index (χ4v) is 1.68. The van der Waals surface area contributed by atoms with E-state index in [9.17, 15) is 4.79 Å². The molecule has 18 heavy (non-hydrogen) atoms. The maximum Gasteiger partial charge on any atom is 0.123 e. The van der Waals surface area contributed by atoms with E-state index >= 15 is 0 Å². The van der Waals surface area contributed by atoms with Crippen molar-refractivity contribution in [3.05, 3.63) is 48.0 Å². The Morgan fingerprint density at radius 3 is 2.61 bits per heavy atom. The van der Waals surface area contributed by atoms with E-state index in [1.165, 1.54) is 0 Å². The third-order valence-corrected chi connectivity index (χ3v) is 2.93. The number of ether oxygens (including phenoxy) is 1. The molecule has 0 bridgehead atoms. The first kappa shape index (κ1) is 14.7. The van der Waals surface area contributed by atoms with Crippen LogP contribution in [0.4, 0.5) is 0 Å². The van der Waals surface area contributed by atoms with Crippen LogP contribution in [0, 0.1) is 11.8 Å². The van der Waals surface area contributed by atoms with Gasteiger partial charge in [-0.15, -0.1) is 0 Å². The van der Waals surface area contributed by atoms with Crippen LogP contribution in [0.2, 0.25) is 0 Å². The van der Waals surface area contributed by atoms with Gasteiger partial charge in [0.25, 0.3) is 0 Å². The molecule has 0 unspecified atom stereocenters. The van der Waals surface area contributed by atoms with Crippen LogP contribution in [-0.2, 0) is 16.1 Å². The summed E-state index contributed by atoms with van der Waals surface area (Å²) in [6.07, 6.45) is 6.16. The average molecular weight is 246 g/mol. The van der Waals surface area contributed by atoms with Crippen molar-refractivity contribution < 1.29 is 9.53 Å². The molecule has 1 aromatic carbocycles. The molecule has 1 rings (SSSR count).